The van der Waals surface area contributed by atoms with Gasteiger partial charge in [0.25, 0.3) is 0 Å². The van der Waals surface area contributed by atoms with Crippen molar-refractivity contribution in [3.63, 3.8) is 0 Å². The predicted molar refractivity (Wildman–Crippen MR) is 74.3 cm³/mol. The van der Waals surface area contributed by atoms with Gasteiger partial charge in [0, 0.05) is 19.8 Å². The maximum Gasteiger partial charge on any atom is 0.330 e. The van der Waals surface area contributed by atoms with Crippen LogP contribution < -0.4 is 5.73 Å². The first-order valence-electron chi connectivity index (χ1n) is 6.86. The van der Waals surface area contributed by atoms with E-state index in [9.17, 15) is 9.90 Å². The average Bonchev–Trinajstić information content (AvgIpc) is 2.49. The molecule has 3 N–H and O–H groups in total. The molecule has 110 valence electrons. The third-order valence-corrected chi connectivity index (χ3v) is 3.69. The molecule has 1 saturated heterocycles. The number of carbonyl (C=O) groups is 1. The smallest absolute Gasteiger partial charge is 0.330 e. The van der Waals surface area contributed by atoms with Crippen LogP contribution in [0, 0.1) is 5.92 Å². The molecule has 1 aromatic carbocycles. The number of carboxylic acids is 1. The maximum absolute atomic E-state index is 11.5. The first kappa shape index (κ1) is 15.0. The van der Waals surface area contributed by atoms with Crippen molar-refractivity contribution in [2.24, 2.45) is 11.7 Å². The fourth-order valence-electron chi connectivity index (χ4n) is 2.30. The van der Waals surface area contributed by atoms with Crippen LogP contribution in [0.4, 0.5) is 0 Å². The molecule has 0 saturated carbocycles. The van der Waals surface area contributed by atoms with Crippen LogP contribution in [0.15, 0.2) is 30.3 Å². The fraction of sp³-hybridized carbons (Fsp3) is 0.533. The Balaban J connectivity index is 1.94. The summed E-state index contributed by atoms with van der Waals surface area (Å²) in [5.41, 5.74) is 5.09. The van der Waals surface area contributed by atoms with Gasteiger partial charge >= 0.3 is 5.97 Å². The second-order valence-corrected chi connectivity index (χ2v) is 5.21. The van der Waals surface area contributed by atoms with Crippen molar-refractivity contribution in [3.05, 3.63) is 35.9 Å². The van der Waals surface area contributed by atoms with E-state index in [2.05, 4.69) is 0 Å². The summed E-state index contributed by atoms with van der Waals surface area (Å²) in [6, 6.07) is 8.81. The largest absolute Gasteiger partial charge is 0.480 e. The zero-order valence-electron chi connectivity index (χ0n) is 11.5. The van der Waals surface area contributed by atoms with Crippen LogP contribution in [0.25, 0.3) is 0 Å². The number of carboxylic acid groups (broad SMARTS) is 1. The van der Waals surface area contributed by atoms with Gasteiger partial charge in [-0.2, -0.15) is 0 Å². The molecular weight excluding hydrogens is 258 g/mol. The molecule has 20 heavy (non-hydrogen) atoms. The standard InChI is InChI=1S/C15H21NO4/c16-15(14(17)18,13-4-2-1-3-5-13)11-20-10-12-6-8-19-9-7-12/h1-5,12H,6-11,16H2,(H,17,18). The van der Waals surface area contributed by atoms with Gasteiger partial charge in [0.1, 0.15) is 0 Å². The summed E-state index contributed by atoms with van der Waals surface area (Å²) in [5.74, 6) is -0.645. The van der Waals surface area contributed by atoms with Crippen LogP contribution in [0.1, 0.15) is 18.4 Å². The quantitative estimate of drug-likeness (QED) is 0.822. The summed E-state index contributed by atoms with van der Waals surface area (Å²) in [6.07, 6.45) is 1.91. The van der Waals surface area contributed by atoms with Gasteiger partial charge in [-0.05, 0) is 24.3 Å². The number of rotatable bonds is 6. The van der Waals surface area contributed by atoms with Gasteiger partial charge in [-0.25, -0.2) is 4.79 Å². The first-order chi connectivity index (χ1) is 9.63. The number of ether oxygens (including phenoxy) is 2. The van der Waals surface area contributed by atoms with Gasteiger partial charge in [-0.1, -0.05) is 30.3 Å². The summed E-state index contributed by atoms with van der Waals surface area (Å²) in [4.78, 5) is 11.5. The van der Waals surface area contributed by atoms with E-state index in [-0.39, 0.29) is 6.61 Å². The lowest BCUT2D eigenvalue weighted by molar-refractivity contribution is -0.146. The van der Waals surface area contributed by atoms with Crippen LogP contribution in [-0.2, 0) is 19.8 Å². The van der Waals surface area contributed by atoms with Gasteiger partial charge in [-0.3, -0.25) is 0 Å². The van der Waals surface area contributed by atoms with Crippen LogP contribution in [0.5, 0.6) is 0 Å². The summed E-state index contributed by atoms with van der Waals surface area (Å²) in [5, 5.41) is 9.40. The lowest BCUT2D eigenvalue weighted by Gasteiger charge is -2.27. The third-order valence-electron chi connectivity index (χ3n) is 3.69. The molecule has 1 atom stereocenters. The molecule has 0 aromatic heterocycles. The highest BCUT2D eigenvalue weighted by atomic mass is 16.5. The molecule has 2 rings (SSSR count). The van der Waals surface area contributed by atoms with Gasteiger partial charge in [0.05, 0.1) is 6.61 Å². The molecule has 1 aliphatic rings. The molecule has 0 amide bonds. The van der Waals surface area contributed by atoms with Gasteiger partial charge < -0.3 is 20.3 Å². The molecule has 1 aromatic rings. The normalized spacial score (nSPS) is 19.4. The topological polar surface area (TPSA) is 81.8 Å². The number of hydrogen-bond acceptors (Lipinski definition) is 4. The Morgan fingerprint density at radius 3 is 2.60 bits per heavy atom. The lowest BCUT2D eigenvalue weighted by Crippen LogP contribution is -2.49. The molecule has 0 spiro atoms. The molecule has 0 aliphatic carbocycles. The van der Waals surface area contributed by atoms with E-state index in [1.807, 2.05) is 6.07 Å². The fourth-order valence-corrected chi connectivity index (χ4v) is 2.30. The molecule has 1 aliphatic heterocycles. The van der Waals surface area contributed by atoms with E-state index in [0.29, 0.717) is 18.1 Å². The zero-order chi connectivity index (χ0) is 14.4. The van der Waals surface area contributed by atoms with Gasteiger partial charge in [0.15, 0.2) is 5.54 Å². The second-order valence-electron chi connectivity index (χ2n) is 5.21. The van der Waals surface area contributed by atoms with Crippen molar-refractivity contribution in [2.45, 2.75) is 18.4 Å². The van der Waals surface area contributed by atoms with E-state index in [4.69, 9.17) is 15.2 Å². The molecular formula is C15H21NO4. The Hall–Kier alpha value is -1.43. The Morgan fingerprint density at radius 1 is 1.35 bits per heavy atom. The summed E-state index contributed by atoms with van der Waals surface area (Å²) >= 11 is 0. The second kappa shape index (κ2) is 6.83. The molecule has 1 unspecified atom stereocenters. The Labute approximate surface area is 118 Å². The summed E-state index contributed by atoms with van der Waals surface area (Å²) < 4.78 is 10.9. The first-order valence-corrected chi connectivity index (χ1v) is 6.86. The van der Waals surface area contributed by atoms with Crippen molar-refractivity contribution in [3.8, 4) is 0 Å². The highest BCUT2D eigenvalue weighted by Gasteiger charge is 2.36. The van der Waals surface area contributed by atoms with Crippen molar-refractivity contribution in [1.29, 1.82) is 0 Å². The highest BCUT2D eigenvalue weighted by molar-refractivity contribution is 5.80. The molecule has 0 radical (unpaired) electrons. The highest BCUT2D eigenvalue weighted by Crippen LogP contribution is 2.21. The van der Waals surface area contributed by atoms with E-state index in [1.54, 1.807) is 24.3 Å². The van der Waals surface area contributed by atoms with Crippen LogP contribution in [-0.4, -0.2) is 37.5 Å². The summed E-state index contributed by atoms with van der Waals surface area (Å²) in [6.45, 7) is 2.00. The third kappa shape index (κ3) is 3.56. The molecule has 1 fully saturated rings. The minimum atomic E-state index is -1.49. The van der Waals surface area contributed by atoms with Crippen molar-refractivity contribution in [1.82, 2.24) is 0 Å². The zero-order valence-corrected chi connectivity index (χ0v) is 11.5. The van der Waals surface area contributed by atoms with E-state index in [0.717, 1.165) is 26.1 Å². The Kier molecular flexibility index (Phi) is 5.11. The van der Waals surface area contributed by atoms with Crippen molar-refractivity contribution >= 4 is 5.97 Å². The molecule has 5 heteroatoms. The lowest BCUT2D eigenvalue weighted by atomic mass is 9.92. The molecule has 1 heterocycles. The SMILES string of the molecule is NC(COCC1CCOCC1)(C(=O)O)c1ccccc1. The van der Waals surface area contributed by atoms with Crippen molar-refractivity contribution < 1.29 is 19.4 Å². The number of hydrogen-bond donors (Lipinski definition) is 2. The Morgan fingerprint density at radius 2 is 2.00 bits per heavy atom. The van der Waals surface area contributed by atoms with Crippen LogP contribution in [0.2, 0.25) is 0 Å². The number of benzene rings is 1. The van der Waals surface area contributed by atoms with E-state index in [1.165, 1.54) is 0 Å². The minimum absolute atomic E-state index is 0.0241. The van der Waals surface area contributed by atoms with E-state index < -0.39 is 11.5 Å². The van der Waals surface area contributed by atoms with Gasteiger partial charge in [-0.15, -0.1) is 0 Å². The van der Waals surface area contributed by atoms with Gasteiger partial charge in [0.2, 0.25) is 0 Å². The van der Waals surface area contributed by atoms with Crippen LogP contribution >= 0.6 is 0 Å². The number of aliphatic carboxylic acids is 1. The van der Waals surface area contributed by atoms with E-state index >= 15 is 0 Å². The predicted octanol–water partition coefficient (Wildman–Crippen LogP) is 1.37. The Bertz CT molecular complexity index is 431. The van der Waals surface area contributed by atoms with Crippen LogP contribution in [0.3, 0.4) is 0 Å². The minimum Gasteiger partial charge on any atom is -0.480 e. The molecule has 0 bridgehead atoms. The summed E-state index contributed by atoms with van der Waals surface area (Å²) in [7, 11) is 0. The molecule has 5 nitrogen and oxygen atoms in total. The average molecular weight is 279 g/mol. The maximum atomic E-state index is 11.5. The van der Waals surface area contributed by atoms with Crippen molar-refractivity contribution in [2.75, 3.05) is 26.4 Å². The monoisotopic (exact) mass is 279 g/mol. The number of nitrogens with two attached hydrogens (primary N) is 1.